The predicted molar refractivity (Wildman–Crippen MR) is 156 cm³/mol. The number of halogens is 1. The fourth-order valence-electron chi connectivity index (χ4n) is 5.29. The highest BCUT2D eigenvalue weighted by Gasteiger charge is 2.19. The molecule has 3 aromatic heterocycles. The van der Waals surface area contributed by atoms with Crippen molar-refractivity contribution >= 4 is 93.3 Å². The lowest BCUT2D eigenvalue weighted by atomic mass is 10.1. The van der Waals surface area contributed by atoms with Crippen LogP contribution >= 0.6 is 22.9 Å². The predicted octanol–water partition coefficient (Wildman–Crippen LogP) is 10.8. The first-order valence-corrected chi connectivity index (χ1v) is 13.2. The topological polar surface area (TPSA) is 29.5 Å². The van der Waals surface area contributed by atoms with Crippen LogP contribution in [0, 0.1) is 0 Å². The standard InChI is InChI=1S/C32H18ClNO2S/c33-19-10-15-28-26(16-19)31-25-14-12-22(18-30(25)37-32(31)36-28)34(20-6-2-1-3-7-20)21-11-13-24-23-8-4-5-9-27(23)35-29(24)17-21/h1-18H. The molecule has 3 heterocycles. The van der Waals surface area contributed by atoms with E-state index in [1.807, 2.05) is 42.5 Å². The lowest BCUT2D eigenvalue weighted by molar-refractivity contribution is 0.669. The minimum absolute atomic E-state index is 0.711. The number of fused-ring (bicyclic) bond motifs is 8. The molecule has 0 spiro atoms. The Labute approximate surface area is 220 Å². The van der Waals surface area contributed by atoms with Crippen LogP contribution in [0.1, 0.15) is 0 Å². The number of anilines is 3. The van der Waals surface area contributed by atoms with E-state index in [4.69, 9.17) is 20.4 Å². The summed E-state index contributed by atoms with van der Waals surface area (Å²) in [7, 11) is 0. The number of para-hydroxylation sites is 2. The maximum absolute atomic E-state index is 6.31. The molecule has 37 heavy (non-hydrogen) atoms. The molecule has 5 heteroatoms. The van der Waals surface area contributed by atoms with Crippen molar-refractivity contribution in [1.29, 1.82) is 0 Å². The molecule has 0 amide bonds. The van der Waals surface area contributed by atoms with Crippen molar-refractivity contribution in [2.75, 3.05) is 4.90 Å². The zero-order chi connectivity index (χ0) is 24.5. The third kappa shape index (κ3) is 3.20. The van der Waals surface area contributed by atoms with E-state index in [1.54, 1.807) is 11.3 Å². The Hall–Kier alpha value is -4.25. The first-order valence-electron chi connectivity index (χ1n) is 12.0. The van der Waals surface area contributed by atoms with Gasteiger partial charge >= 0.3 is 0 Å². The molecule has 0 atom stereocenters. The van der Waals surface area contributed by atoms with Crippen LogP contribution in [0.3, 0.4) is 0 Å². The van der Waals surface area contributed by atoms with E-state index < -0.39 is 0 Å². The Morgan fingerprint density at radius 2 is 1.27 bits per heavy atom. The Kier molecular flexibility index (Phi) is 4.45. The van der Waals surface area contributed by atoms with E-state index in [0.29, 0.717) is 5.02 Å². The number of benzene rings is 5. The maximum Gasteiger partial charge on any atom is 0.190 e. The quantitative estimate of drug-likeness (QED) is 0.234. The molecule has 0 saturated carbocycles. The van der Waals surface area contributed by atoms with Crippen LogP contribution in [0.4, 0.5) is 17.1 Å². The lowest BCUT2D eigenvalue weighted by Gasteiger charge is -2.25. The number of hydrogen-bond acceptors (Lipinski definition) is 4. The molecular formula is C32H18ClNO2S. The Balaban J connectivity index is 1.33. The molecule has 0 bridgehead atoms. The van der Waals surface area contributed by atoms with Gasteiger partial charge in [0, 0.05) is 59.8 Å². The van der Waals surface area contributed by atoms with E-state index in [2.05, 4.69) is 71.6 Å². The second-order valence-corrected chi connectivity index (χ2v) is 10.6. The zero-order valence-electron chi connectivity index (χ0n) is 19.4. The van der Waals surface area contributed by atoms with Crippen molar-refractivity contribution in [2.24, 2.45) is 0 Å². The van der Waals surface area contributed by atoms with Crippen LogP contribution in [-0.2, 0) is 0 Å². The highest BCUT2D eigenvalue weighted by atomic mass is 35.5. The summed E-state index contributed by atoms with van der Waals surface area (Å²) in [6, 6.07) is 37.4. The summed E-state index contributed by atoms with van der Waals surface area (Å²) in [5.41, 5.74) is 5.82. The SMILES string of the molecule is Clc1ccc2oc3sc4cc(N(c5ccccc5)c5ccc6c(c5)oc5ccccc56)ccc4c3c2c1. The lowest BCUT2D eigenvalue weighted by Crippen LogP contribution is -2.09. The zero-order valence-corrected chi connectivity index (χ0v) is 21.0. The van der Waals surface area contributed by atoms with Gasteiger partial charge in [-0.1, -0.05) is 65.4 Å². The van der Waals surface area contributed by atoms with Gasteiger partial charge in [-0.15, -0.1) is 0 Å². The van der Waals surface area contributed by atoms with Gasteiger partial charge in [-0.2, -0.15) is 0 Å². The van der Waals surface area contributed by atoms with Crippen molar-refractivity contribution in [3.63, 3.8) is 0 Å². The van der Waals surface area contributed by atoms with Crippen molar-refractivity contribution in [3.05, 3.63) is 114 Å². The van der Waals surface area contributed by atoms with Gasteiger partial charge in [0.1, 0.15) is 16.7 Å². The summed E-state index contributed by atoms with van der Waals surface area (Å²) >= 11 is 7.98. The summed E-state index contributed by atoms with van der Waals surface area (Å²) in [5, 5.41) is 6.31. The molecule has 0 N–H and O–H groups in total. The van der Waals surface area contributed by atoms with Crippen molar-refractivity contribution in [3.8, 4) is 0 Å². The third-order valence-corrected chi connectivity index (χ3v) is 8.21. The second-order valence-electron chi connectivity index (χ2n) is 9.14. The molecule has 0 aliphatic rings. The van der Waals surface area contributed by atoms with E-state index >= 15 is 0 Å². The monoisotopic (exact) mass is 515 g/mol. The molecule has 0 fully saturated rings. The number of thiophene rings is 1. The van der Waals surface area contributed by atoms with Crippen molar-refractivity contribution < 1.29 is 8.83 Å². The van der Waals surface area contributed by atoms with Gasteiger partial charge in [-0.25, -0.2) is 0 Å². The van der Waals surface area contributed by atoms with Crippen LogP contribution in [0.15, 0.2) is 118 Å². The summed E-state index contributed by atoms with van der Waals surface area (Å²) in [6.07, 6.45) is 0. The van der Waals surface area contributed by atoms with Crippen LogP contribution < -0.4 is 4.90 Å². The van der Waals surface area contributed by atoms with Crippen LogP contribution in [-0.4, -0.2) is 0 Å². The molecule has 8 rings (SSSR count). The van der Waals surface area contributed by atoms with Crippen molar-refractivity contribution in [2.45, 2.75) is 0 Å². The smallest absolute Gasteiger partial charge is 0.190 e. The largest absolute Gasteiger partial charge is 0.456 e. The van der Waals surface area contributed by atoms with E-state index in [-0.39, 0.29) is 0 Å². The van der Waals surface area contributed by atoms with Gasteiger partial charge in [-0.05, 0) is 60.7 Å². The fraction of sp³-hybridized carbons (Fsp3) is 0. The molecule has 0 aliphatic heterocycles. The van der Waals surface area contributed by atoms with Gasteiger partial charge in [-0.3, -0.25) is 0 Å². The maximum atomic E-state index is 6.31. The Morgan fingerprint density at radius 3 is 2.16 bits per heavy atom. The average molecular weight is 516 g/mol. The van der Waals surface area contributed by atoms with Gasteiger partial charge in [0.15, 0.2) is 4.90 Å². The van der Waals surface area contributed by atoms with Gasteiger partial charge in [0.2, 0.25) is 0 Å². The summed E-state index contributed by atoms with van der Waals surface area (Å²) in [5.74, 6) is 0. The van der Waals surface area contributed by atoms with E-state index in [9.17, 15) is 0 Å². The average Bonchev–Trinajstić information content (AvgIpc) is 3.58. The molecule has 5 aromatic carbocycles. The van der Waals surface area contributed by atoms with Crippen LogP contribution in [0.25, 0.3) is 53.3 Å². The van der Waals surface area contributed by atoms with E-state index in [1.165, 1.54) is 10.1 Å². The molecule has 0 aliphatic carbocycles. The number of furan rings is 2. The first kappa shape index (κ1) is 20.9. The summed E-state index contributed by atoms with van der Waals surface area (Å²) < 4.78 is 13.6. The number of nitrogens with zero attached hydrogens (tertiary/aromatic N) is 1. The molecule has 176 valence electrons. The molecule has 0 saturated heterocycles. The highest BCUT2D eigenvalue weighted by Crippen LogP contribution is 2.45. The minimum atomic E-state index is 0.711. The van der Waals surface area contributed by atoms with Crippen LogP contribution in [0.2, 0.25) is 5.02 Å². The van der Waals surface area contributed by atoms with Crippen molar-refractivity contribution in [1.82, 2.24) is 0 Å². The fourth-order valence-corrected chi connectivity index (χ4v) is 6.58. The first-order chi connectivity index (χ1) is 18.2. The molecule has 3 nitrogen and oxygen atoms in total. The molecule has 0 unspecified atom stereocenters. The van der Waals surface area contributed by atoms with Crippen LogP contribution in [0.5, 0.6) is 0 Å². The normalized spacial score (nSPS) is 11.9. The Morgan fingerprint density at radius 1 is 0.541 bits per heavy atom. The summed E-state index contributed by atoms with van der Waals surface area (Å²) in [6.45, 7) is 0. The van der Waals surface area contributed by atoms with Gasteiger partial charge in [0.25, 0.3) is 0 Å². The van der Waals surface area contributed by atoms with Gasteiger partial charge in [0.05, 0.1) is 0 Å². The molecule has 0 radical (unpaired) electrons. The molecule has 8 aromatic rings. The Bertz CT molecular complexity index is 2120. The highest BCUT2D eigenvalue weighted by molar-refractivity contribution is 7.25. The molecular weight excluding hydrogens is 498 g/mol. The number of rotatable bonds is 3. The minimum Gasteiger partial charge on any atom is -0.456 e. The third-order valence-electron chi connectivity index (χ3n) is 6.95. The second kappa shape index (κ2) is 7.87. The number of hydrogen-bond donors (Lipinski definition) is 0. The summed E-state index contributed by atoms with van der Waals surface area (Å²) in [4.78, 5) is 3.18. The van der Waals surface area contributed by atoms with E-state index in [0.717, 1.165) is 60.3 Å². The van der Waals surface area contributed by atoms with Gasteiger partial charge < -0.3 is 13.7 Å².